The Balaban J connectivity index is 1.66. The molecule has 1 aromatic heterocycles. The fraction of sp³-hybridized carbons (Fsp3) is 0.789. The summed E-state index contributed by atoms with van der Waals surface area (Å²) in [6.45, 7) is 8.08. The van der Waals surface area contributed by atoms with Crippen LogP contribution in [0.25, 0.3) is 0 Å². The summed E-state index contributed by atoms with van der Waals surface area (Å²) < 4.78 is 37.3. The molecule has 0 saturated carbocycles. The summed E-state index contributed by atoms with van der Waals surface area (Å²) in [7, 11) is 1.73. The smallest absolute Gasteiger partial charge is 0.356 e. The Morgan fingerprint density at radius 1 is 1.25 bits per heavy atom. The zero-order chi connectivity index (χ0) is 20.8. The van der Waals surface area contributed by atoms with Gasteiger partial charge in [-0.05, 0) is 38.3 Å². The molecule has 28 heavy (non-hydrogen) atoms. The molecule has 0 atom stereocenters. The zero-order valence-corrected chi connectivity index (χ0v) is 18.0. The number of nitrogens with one attached hydrogen (secondary N) is 2. The van der Waals surface area contributed by atoms with Crippen LogP contribution in [0.3, 0.4) is 0 Å². The molecule has 1 aliphatic heterocycles. The number of halogens is 3. The van der Waals surface area contributed by atoms with E-state index < -0.39 is 12.7 Å². The summed E-state index contributed by atoms with van der Waals surface area (Å²) in [5.74, 6) is 1.19. The van der Waals surface area contributed by atoms with Crippen LogP contribution in [-0.2, 0) is 12.0 Å². The van der Waals surface area contributed by atoms with Crippen LogP contribution in [-0.4, -0.2) is 55.2 Å². The lowest BCUT2D eigenvalue weighted by atomic mass is 9.93. The Morgan fingerprint density at radius 3 is 2.46 bits per heavy atom. The molecule has 1 fully saturated rings. The molecule has 5 nitrogen and oxygen atoms in total. The molecule has 1 saturated heterocycles. The quantitative estimate of drug-likeness (QED) is 0.544. The minimum atomic E-state index is -4.10. The monoisotopic (exact) mass is 419 g/mol. The highest BCUT2D eigenvalue weighted by molar-refractivity contribution is 7.09. The average molecular weight is 420 g/mol. The van der Waals surface area contributed by atoms with Gasteiger partial charge in [0.15, 0.2) is 5.96 Å². The number of nitrogens with zero attached hydrogens (tertiary/aromatic N) is 3. The molecule has 9 heteroatoms. The molecule has 2 rings (SSSR count). The van der Waals surface area contributed by atoms with Gasteiger partial charge in [-0.3, -0.25) is 9.89 Å². The molecule has 160 valence electrons. The van der Waals surface area contributed by atoms with Gasteiger partial charge in [-0.15, -0.1) is 11.3 Å². The summed E-state index contributed by atoms with van der Waals surface area (Å²) in [5, 5.41) is 9.68. The lowest BCUT2D eigenvalue weighted by molar-refractivity contribution is -0.148. The van der Waals surface area contributed by atoms with Crippen LogP contribution < -0.4 is 10.6 Å². The van der Waals surface area contributed by atoms with E-state index in [0.29, 0.717) is 25.6 Å². The van der Waals surface area contributed by atoms with Crippen molar-refractivity contribution in [3.05, 3.63) is 16.1 Å². The van der Waals surface area contributed by atoms with Gasteiger partial charge in [0.2, 0.25) is 0 Å². The van der Waals surface area contributed by atoms with Crippen molar-refractivity contribution in [2.75, 3.05) is 33.2 Å². The SMILES string of the molecule is CN=C(NCCC1CCN(CC(F)(F)F)CC1)NCc1nc(C(C)(C)C)cs1. The van der Waals surface area contributed by atoms with Gasteiger partial charge in [0.05, 0.1) is 18.8 Å². The number of alkyl halides is 3. The summed E-state index contributed by atoms with van der Waals surface area (Å²) in [4.78, 5) is 10.4. The Labute approximate surface area is 169 Å². The molecule has 0 aliphatic carbocycles. The molecule has 1 aliphatic rings. The third-order valence-corrected chi connectivity index (χ3v) is 5.75. The molecule has 0 radical (unpaired) electrons. The number of thiazole rings is 1. The van der Waals surface area contributed by atoms with Crippen molar-refractivity contribution in [2.45, 2.75) is 58.2 Å². The van der Waals surface area contributed by atoms with Crippen molar-refractivity contribution < 1.29 is 13.2 Å². The number of hydrogen-bond acceptors (Lipinski definition) is 4. The van der Waals surface area contributed by atoms with Gasteiger partial charge < -0.3 is 10.6 Å². The van der Waals surface area contributed by atoms with E-state index in [1.165, 1.54) is 4.90 Å². The molecule has 0 amide bonds. The van der Waals surface area contributed by atoms with Gasteiger partial charge in [0, 0.05) is 24.4 Å². The average Bonchev–Trinajstić information content (AvgIpc) is 3.07. The second-order valence-corrected chi connectivity index (χ2v) is 9.30. The highest BCUT2D eigenvalue weighted by atomic mass is 32.1. The third kappa shape index (κ3) is 7.95. The van der Waals surface area contributed by atoms with Crippen LogP contribution in [0.2, 0.25) is 0 Å². The van der Waals surface area contributed by atoms with E-state index in [4.69, 9.17) is 0 Å². The first kappa shape index (κ1) is 22.9. The molecule has 0 spiro atoms. The Hall–Kier alpha value is -1.35. The van der Waals surface area contributed by atoms with Gasteiger partial charge in [-0.1, -0.05) is 20.8 Å². The highest BCUT2D eigenvalue weighted by Gasteiger charge is 2.32. The maximum Gasteiger partial charge on any atom is 0.401 e. The van der Waals surface area contributed by atoms with Crippen LogP contribution in [0.1, 0.15) is 50.7 Å². The van der Waals surface area contributed by atoms with E-state index >= 15 is 0 Å². The van der Waals surface area contributed by atoms with E-state index in [1.54, 1.807) is 18.4 Å². The van der Waals surface area contributed by atoms with E-state index in [2.05, 4.69) is 46.8 Å². The minimum Gasteiger partial charge on any atom is -0.356 e. The number of likely N-dealkylation sites (tertiary alicyclic amines) is 1. The Kier molecular flexibility index (Phi) is 8.12. The zero-order valence-electron chi connectivity index (χ0n) is 17.2. The van der Waals surface area contributed by atoms with Crippen LogP contribution >= 0.6 is 11.3 Å². The number of rotatable bonds is 6. The predicted octanol–water partition coefficient (Wildman–Crippen LogP) is 3.77. The van der Waals surface area contributed by atoms with E-state index in [0.717, 1.165) is 42.5 Å². The molecule has 2 N–H and O–H groups in total. The first-order chi connectivity index (χ1) is 13.1. The molecule has 0 aromatic carbocycles. The van der Waals surface area contributed by atoms with Gasteiger partial charge in [-0.25, -0.2) is 4.98 Å². The number of piperidine rings is 1. The van der Waals surface area contributed by atoms with Crippen LogP contribution in [0, 0.1) is 5.92 Å². The van der Waals surface area contributed by atoms with Gasteiger partial charge in [-0.2, -0.15) is 13.2 Å². The maximum atomic E-state index is 12.4. The Bertz CT molecular complexity index is 628. The number of aromatic nitrogens is 1. The third-order valence-electron chi connectivity index (χ3n) is 4.91. The standard InChI is InChI=1S/C19H32F3N5S/c1-18(2,3)15-12-28-16(26-15)11-25-17(23-4)24-8-5-14-6-9-27(10-7-14)13-19(20,21)22/h12,14H,5-11,13H2,1-4H3,(H2,23,24,25). The fourth-order valence-electron chi connectivity index (χ4n) is 3.20. The molecule has 0 bridgehead atoms. The highest BCUT2D eigenvalue weighted by Crippen LogP contribution is 2.24. The van der Waals surface area contributed by atoms with Crippen LogP contribution in [0.15, 0.2) is 10.4 Å². The summed E-state index contributed by atoms with van der Waals surface area (Å²) in [6.07, 6.45) is -1.53. The van der Waals surface area contributed by atoms with E-state index in [9.17, 15) is 13.2 Å². The van der Waals surface area contributed by atoms with E-state index in [1.807, 2.05) is 0 Å². The molecular weight excluding hydrogens is 387 g/mol. The van der Waals surface area contributed by atoms with Crippen LogP contribution in [0.4, 0.5) is 13.2 Å². The fourth-order valence-corrected chi connectivity index (χ4v) is 4.16. The second kappa shape index (κ2) is 9.91. The van der Waals surface area contributed by atoms with E-state index in [-0.39, 0.29) is 5.41 Å². The molecule has 2 heterocycles. The normalized spacial score (nSPS) is 17.8. The number of aliphatic imine (C=N–C) groups is 1. The van der Waals surface area contributed by atoms with Crippen molar-refractivity contribution >= 4 is 17.3 Å². The topological polar surface area (TPSA) is 52.6 Å². The van der Waals surface area contributed by atoms with Gasteiger partial charge in [0.1, 0.15) is 5.01 Å². The molecule has 1 aromatic rings. The number of guanidine groups is 1. The summed E-state index contributed by atoms with van der Waals surface area (Å²) in [5.41, 5.74) is 1.14. The first-order valence-corrected chi connectivity index (χ1v) is 10.6. The van der Waals surface area contributed by atoms with Crippen molar-refractivity contribution in [2.24, 2.45) is 10.9 Å². The van der Waals surface area contributed by atoms with Crippen LogP contribution in [0.5, 0.6) is 0 Å². The predicted molar refractivity (Wildman–Crippen MR) is 109 cm³/mol. The van der Waals surface area contributed by atoms with Crippen molar-refractivity contribution in [1.82, 2.24) is 20.5 Å². The maximum absolute atomic E-state index is 12.4. The largest absolute Gasteiger partial charge is 0.401 e. The van der Waals surface area contributed by atoms with Gasteiger partial charge in [0.25, 0.3) is 0 Å². The lowest BCUT2D eigenvalue weighted by Crippen LogP contribution is -2.41. The second-order valence-electron chi connectivity index (χ2n) is 8.35. The lowest BCUT2D eigenvalue weighted by Gasteiger charge is -2.32. The molecule has 0 unspecified atom stereocenters. The van der Waals surface area contributed by atoms with Gasteiger partial charge >= 0.3 is 6.18 Å². The first-order valence-electron chi connectivity index (χ1n) is 9.75. The van der Waals surface area contributed by atoms with Crippen molar-refractivity contribution in [3.8, 4) is 0 Å². The summed E-state index contributed by atoms with van der Waals surface area (Å²) in [6, 6.07) is 0. The summed E-state index contributed by atoms with van der Waals surface area (Å²) >= 11 is 1.64. The Morgan fingerprint density at radius 2 is 1.93 bits per heavy atom. The minimum absolute atomic E-state index is 0.0460. The van der Waals surface area contributed by atoms with Crippen molar-refractivity contribution in [1.29, 1.82) is 0 Å². The van der Waals surface area contributed by atoms with Crippen molar-refractivity contribution in [3.63, 3.8) is 0 Å². The molecular formula is C19H32F3N5S. The number of hydrogen-bond donors (Lipinski definition) is 2.